The Kier molecular flexibility index (Phi) is 4.06. The van der Waals surface area contributed by atoms with E-state index in [1.165, 1.54) is 12.1 Å². The fourth-order valence-corrected chi connectivity index (χ4v) is 3.00. The number of aromatic nitrogens is 2. The SMILES string of the molecule is Cc1nn(C)c(C)c1C1=CC(N)=NC(N)(c2ccc(C(F)(F)F)cc2)N1. The fourth-order valence-electron chi connectivity index (χ4n) is 3.00. The second kappa shape index (κ2) is 5.87. The second-order valence-corrected chi connectivity index (χ2v) is 6.23. The average Bonchev–Trinajstić information content (AvgIpc) is 2.78. The van der Waals surface area contributed by atoms with Crippen molar-refractivity contribution in [1.82, 2.24) is 15.1 Å². The van der Waals surface area contributed by atoms with Crippen molar-refractivity contribution in [2.45, 2.75) is 25.8 Å². The molecule has 0 amide bonds. The third kappa shape index (κ3) is 3.05. The Morgan fingerprint density at radius 2 is 1.77 bits per heavy atom. The molecule has 0 bridgehead atoms. The van der Waals surface area contributed by atoms with Crippen LogP contribution in [0.1, 0.15) is 28.1 Å². The normalized spacial score (nSPS) is 20.4. The summed E-state index contributed by atoms with van der Waals surface area (Å²) in [5.41, 5.74) is 15.0. The maximum Gasteiger partial charge on any atom is 0.416 e. The largest absolute Gasteiger partial charge is 0.416 e. The van der Waals surface area contributed by atoms with Gasteiger partial charge in [-0.25, -0.2) is 4.99 Å². The van der Waals surface area contributed by atoms with Crippen LogP contribution in [0.3, 0.4) is 0 Å². The zero-order valence-corrected chi connectivity index (χ0v) is 14.5. The Morgan fingerprint density at radius 3 is 2.27 bits per heavy atom. The summed E-state index contributed by atoms with van der Waals surface area (Å²) in [6.45, 7) is 3.75. The molecular weight excluding hydrogens is 345 g/mol. The maximum absolute atomic E-state index is 12.8. The van der Waals surface area contributed by atoms with E-state index in [9.17, 15) is 13.2 Å². The Hall–Kier alpha value is -2.81. The molecule has 5 N–H and O–H groups in total. The molecule has 1 aliphatic heterocycles. The van der Waals surface area contributed by atoms with Crippen LogP contribution in [0.2, 0.25) is 0 Å². The smallest absolute Gasteiger partial charge is 0.384 e. The van der Waals surface area contributed by atoms with Crippen LogP contribution in [0.15, 0.2) is 35.3 Å². The van der Waals surface area contributed by atoms with Crippen molar-refractivity contribution < 1.29 is 13.2 Å². The van der Waals surface area contributed by atoms with Gasteiger partial charge in [-0.1, -0.05) is 12.1 Å². The van der Waals surface area contributed by atoms with Crippen LogP contribution >= 0.6 is 0 Å². The van der Waals surface area contributed by atoms with E-state index in [0.29, 0.717) is 11.3 Å². The van der Waals surface area contributed by atoms with Crippen LogP contribution in [0, 0.1) is 13.8 Å². The minimum atomic E-state index is -4.42. The van der Waals surface area contributed by atoms with Crippen molar-refractivity contribution in [3.05, 3.63) is 58.4 Å². The molecule has 1 unspecified atom stereocenters. The number of nitrogens with two attached hydrogens (primary N) is 2. The van der Waals surface area contributed by atoms with Crippen LogP contribution in [-0.4, -0.2) is 15.6 Å². The lowest BCUT2D eigenvalue weighted by molar-refractivity contribution is -0.137. The monoisotopic (exact) mass is 364 g/mol. The minimum Gasteiger partial charge on any atom is -0.384 e. The molecule has 2 aromatic rings. The quantitative estimate of drug-likeness (QED) is 0.761. The van der Waals surface area contributed by atoms with E-state index < -0.39 is 17.5 Å². The van der Waals surface area contributed by atoms with Gasteiger partial charge in [0.05, 0.1) is 17.0 Å². The van der Waals surface area contributed by atoms with Crippen LogP contribution < -0.4 is 16.8 Å². The molecule has 0 radical (unpaired) electrons. The summed E-state index contributed by atoms with van der Waals surface area (Å²) >= 11 is 0. The third-order valence-electron chi connectivity index (χ3n) is 4.35. The molecule has 26 heavy (non-hydrogen) atoms. The molecule has 0 saturated carbocycles. The van der Waals surface area contributed by atoms with Gasteiger partial charge in [0.25, 0.3) is 0 Å². The average molecular weight is 364 g/mol. The van der Waals surface area contributed by atoms with Crippen molar-refractivity contribution in [1.29, 1.82) is 0 Å². The van der Waals surface area contributed by atoms with E-state index in [-0.39, 0.29) is 5.84 Å². The van der Waals surface area contributed by atoms with Crippen LogP contribution in [0.25, 0.3) is 5.70 Å². The number of aryl methyl sites for hydroxylation is 2. The van der Waals surface area contributed by atoms with Crippen molar-refractivity contribution in [3.63, 3.8) is 0 Å². The zero-order chi connectivity index (χ0) is 19.3. The number of nitrogens with one attached hydrogen (secondary N) is 1. The number of alkyl halides is 3. The summed E-state index contributed by atoms with van der Waals surface area (Å²) in [6.07, 6.45) is -2.79. The van der Waals surface area contributed by atoms with E-state index in [1.54, 1.807) is 10.8 Å². The molecule has 0 fully saturated rings. The van der Waals surface area contributed by atoms with Gasteiger partial charge in [0.15, 0.2) is 0 Å². The predicted molar refractivity (Wildman–Crippen MR) is 92.7 cm³/mol. The van der Waals surface area contributed by atoms with Gasteiger partial charge in [0.2, 0.25) is 5.79 Å². The molecule has 0 spiro atoms. The summed E-state index contributed by atoms with van der Waals surface area (Å²) in [7, 11) is 1.82. The molecule has 1 aromatic heterocycles. The van der Waals surface area contributed by atoms with Crippen molar-refractivity contribution in [3.8, 4) is 0 Å². The lowest BCUT2D eigenvalue weighted by Crippen LogP contribution is -2.51. The van der Waals surface area contributed by atoms with Gasteiger partial charge >= 0.3 is 6.18 Å². The van der Waals surface area contributed by atoms with Gasteiger partial charge in [0, 0.05) is 29.9 Å². The first-order chi connectivity index (χ1) is 12.0. The number of aliphatic imine (C=N–C) groups is 1. The van der Waals surface area contributed by atoms with Gasteiger partial charge in [-0.15, -0.1) is 0 Å². The molecular formula is C17H19F3N6. The number of nitrogens with zero attached hydrogens (tertiary/aromatic N) is 3. The van der Waals surface area contributed by atoms with Crippen LogP contribution in [0.5, 0.6) is 0 Å². The third-order valence-corrected chi connectivity index (χ3v) is 4.35. The van der Waals surface area contributed by atoms with Gasteiger partial charge in [0.1, 0.15) is 5.84 Å². The first-order valence-corrected chi connectivity index (χ1v) is 7.83. The highest BCUT2D eigenvalue weighted by molar-refractivity contribution is 6.00. The molecule has 138 valence electrons. The van der Waals surface area contributed by atoms with Crippen molar-refractivity contribution in [2.24, 2.45) is 23.5 Å². The number of rotatable bonds is 2. The Labute approximate surface area is 148 Å². The summed E-state index contributed by atoms with van der Waals surface area (Å²) in [6, 6.07) is 4.52. The van der Waals surface area contributed by atoms with E-state index in [4.69, 9.17) is 11.5 Å². The molecule has 6 nitrogen and oxygen atoms in total. The first kappa shape index (κ1) is 18.0. The molecule has 0 saturated heterocycles. The summed E-state index contributed by atoms with van der Waals surface area (Å²) < 4.78 is 40.1. The lowest BCUT2D eigenvalue weighted by Gasteiger charge is -2.33. The Bertz CT molecular complexity index is 908. The summed E-state index contributed by atoms with van der Waals surface area (Å²) in [4.78, 5) is 4.19. The standard InChI is InChI=1S/C17H19F3N6/c1-9-15(10(2)26(3)25-9)13-8-14(21)24-17(22,23-13)12-6-4-11(5-7-12)16(18,19)20/h4-8,23H,22H2,1-3H3,(H2,21,24). The molecule has 1 aliphatic rings. The highest BCUT2D eigenvalue weighted by Gasteiger charge is 2.34. The van der Waals surface area contributed by atoms with E-state index in [0.717, 1.165) is 29.1 Å². The maximum atomic E-state index is 12.8. The van der Waals surface area contributed by atoms with E-state index >= 15 is 0 Å². The summed E-state index contributed by atoms with van der Waals surface area (Å²) in [5, 5.41) is 7.44. The second-order valence-electron chi connectivity index (χ2n) is 6.23. The minimum absolute atomic E-state index is 0.170. The van der Waals surface area contributed by atoms with Gasteiger partial charge < -0.3 is 11.1 Å². The van der Waals surface area contributed by atoms with E-state index in [1.807, 2.05) is 20.9 Å². The van der Waals surface area contributed by atoms with Crippen LogP contribution in [-0.2, 0) is 19.0 Å². The number of hydrogen-bond donors (Lipinski definition) is 3. The molecule has 2 heterocycles. The van der Waals surface area contributed by atoms with E-state index in [2.05, 4.69) is 15.4 Å². The zero-order valence-electron chi connectivity index (χ0n) is 14.5. The molecule has 1 aromatic carbocycles. The molecule has 3 rings (SSSR count). The molecule has 9 heteroatoms. The fraction of sp³-hybridized carbons (Fsp3) is 0.294. The number of benzene rings is 1. The van der Waals surface area contributed by atoms with Gasteiger partial charge in [-0.05, 0) is 26.0 Å². The predicted octanol–water partition coefficient (Wildman–Crippen LogP) is 2.13. The van der Waals surface area contributed by atoms with Crippen molar-refractivity contribution in [2.75, 3.05) is 0 Å². The lowest BCUT2D eigenvalue weighted by atomic mass is 10.0. The van der Waals surface area contributed by atoms with Gasteiger partial charge in [-0.2, -0.15) is 18.3 Å². The topological polar surface area (TPSA) is 94.2 Å². The summed E-state index contributed by atoms with van der Waals surface area (Å²) in [5.74, 6) is -1.31. The first-order valence-electron chi connectivity index (χ1n) is 7.83. The highest BCUT2D eigenvalue weighted by Crippen LogP contribution is 2.32. The van der Waals surface area contributed by atoms with Crippen LogP contribution in [0.4, 0.5) is 13.2 Å². The Morgan fingerprint density at radius 1 is 1.15 bits per heavy atom. The van der Waals surface area contributed by atoms with Gasteiger partial charge in [-0.3, -0.25) is 10.4 Å². The van der Waals surface area contributed by atoms with Crippen molar-refractivity contribution >= 4 is 11.5 Å². The number of halogens is 3. The molecule has 1 atom stereocenters. The number of hydrogen-bond acceptors (Lipinski definition) is 5. The molecule has 0 aliphatic carbocycles. The number of amidine groups is 1. The Balaban J connectivity index is 2.01. The highest BCUT2D eigenvalue weighted by atomic mass is 19.4.